The lowest BCUT2D eigenvalue weighted by Gasteiger charge is -2.32. The van der Waals surface area contributed by atoms with Crippen LogP contribution in [0.5, 0.6) is 0 Å². The molecule has 0 bridgehead atoms. The number of carbonyl (C=O) groups is 1. The molecule has 18 heavy (non-hydrogen) atoms. The van der Waals surface area contributed by atoms with E-state index in [-0.39, 0.29) is 5.92 Å². The van der Waals surface area contributed by atoms with Crippen LogP contribution in [-0.4, -0.2) is 42.4 Å². The maximum atomic E-state index is 12.2. The second-order valence-corrected chi connectivity index (χ2v) is 7.02. The molecule has 1 aliphatic heterocycles. The van der Waals surface area contributed by atoms with Gasteiger partial charge >= 0.3 is 5.97 Å². The van der Waals surface area contributed by atoms with Gasteiger partial charge in [0.25, 0.3) is 10.2 Å². The summed E-state index contributed by atoms with van der Waals surface area (Å²) in [6.07, 6.45) is 4.25. The highest BCUT2D eigenvalue weighted by molar-refractivity contribution is 7.87. The van der Waals surface area contributed by atoms with Crippen molar-refractivity contribution in [3.8, 4) is 0 Å². The van der Waals surface area contributed by atoms with Crippen LogP contribution in [0.3, 0.4) is 0 Å². The fourth-order valence-electron chi connectivity index (χ4n) is 2.40. The van der Waals surface area contributed by atoms with Crippen LogP contribution < -0.4 is 4.72 Å². The molecule has 0 aromatic heterocycles. The van der Waals surface area contributed by atoms with E-state index in [1.54, 1.807) is 0 Å². The molecule has 2 N–H and O–H groups in total. The van der Waals surface area contributed by atoms with E-state index in [1.165, 1.54) is 11.2 Å². The molecule has 7 heteroatoms. The van der Waals surface area contributed by atoms with Crippen molar-refractivity contribution in [2.24, 2.45) is 5.92 Å². The number of aliphatic carboxylic acids is 1. The second kappa shape index (κ2) is 4.79. The Morgan fingerprint density at radius 3 is 2.28 bits per heavy atom. The van der Waals surface area contributed by atoms with Gasteiger partial charge in [-0.25, -0.2) is 0 Å². The number of carboxylic acids is 1. The molecular formula is C11H20N2O4S. The summed E-state index contributed by atoms with van der Waals surface area (Å²) < 4.78 is 28.1. The van der Waals surface area contributed by atoms with Crippen LogP contribution >= 0.6 is 0 Å². The topological polar surface area (TPSA) is 86.7 Å². The zero-order chi connectivity index (χ0) is 13.4. The van der Waals surface area contributed by atoms with Gasteiger partial charge in [-0.1, -0.05) is 6.42 Å². The Hall–Kier alpha value is -0.660. The number of hydrogen-bond donors (Lipinski definition) is 2. The summed E-state index contributed by atoms with van der Waals surface area (Å²) in [6, 6.07) is 0. The van der Waals surface area contributed by atoms with E-state index in [9.17, 15) is 18.3 Å². The summed E-state index contributed by atoms with van der Waals surface area (Å²) in [5.41, 5.74) is -1.36. The molecule has 104 valence electrons. The first kappa shape index (κ1) is 13.8. The number of rotatable bonds is 5. The number of nitrogens with zero attached hydrogens (tertiary/aromatic N) is 1. The van der Waals surface area contributed by atoms with Crippen molar-refractivity contribution in [3.63, 3.8) is 0 Å². The first-order valence-electron chi connectivity index (χ1n) is 6.39. The molecule has 0 spiro atoms. The van der Waals surface area contributed by atoms with Crippen molar-refractivity contribution in [2.45, 2.75) is 44.6 Å². The Kier molecular flexibility index (Phi) is 3.66. The Morgan fingerprint density at radius 2 is 1.83 bits per heavy atom. The maximum Gasteiger partial charge on any atom is 0.324 e. The van der Waals surface area contributed by atoms with Crippen molar-refractivity contribution >= 4 is 16.2 Å². The smallest absolute Gasteiger partial charge is 0.324 e. The van der Waals surface area contributed by atoms with Crippen LogP contribution in [0, 0.1) is 5.92 Å². The second-order valence-electron chi connectivity index (χ2n) is 5.35. The lowest BCUT2D eigenvalue weighted by atomic mass is 9.98. The zero-order valence-corrected chi connectivity index (χ0v) is 11.4. The third-order valence-electron chi connectivity index (χ3n) is 3.83. The number of nitrogens with one attached hydrogen (secondary N) is 1. The minimum absolute atomic E-state index is 0.0884. The summed E-state index contributed by atoms with van der Waals surface area (Å²) in [6.45, 7) is 2.43. The largest absolute Gasteiger partial charge is 0.480 e. The van der Waals surface area contributed by atoms with E-state index in [2.05, 4.69) is 4.72 Å². The highest BCUT2D eigenvalue weighted by atomic mass is 32.2. The Morgan fingerprint density at radius 1 is 1.28 bits per heavy atom. The monoisotopic (exact) mass is 276 g/mol. The lowest BCUT2D eigenvalue weighted by Crippen LogP contribution is -2.58. The summed E-state index contributed by atoms with van der Waals surface area (Å²) in [4.78, 5) is 11.3. The molecule has 0 radical (unpaired) electrons. The molecule has 2 aliphatic rings. The normalized spacial score (nSPS) is 25.6. The SMILES string of the molecule is CC(NS(=O)(=O)N1CCCCC1)(C(=O)O)C1CC1. The van der Waals surface area contributed by atoms with Crippen LogP contribution in [0.2, 0.25) is 0 Å². The van der Waals surface area contributed by atoms with Crippen LogP contribution in [0.1, 0.15) is 39.0 Å². The highest BCUT2D eigenvalue weighted by Gasteiger charge is 2.50. The Balaban J connectivity index is 2.12. The van der Waals surface area contributed by atoms with Gasteiger partial charge in [0, 0.05) is 13.1 Å². The predicted octanol–water partition coefficient (Wildman–Crippen LogP) is 0.560. The molecule has 1 saturated carbocycles. The molecule has 0 amide bonds. The van der Waals surface area contributed by atoms with Gasteiger partial charge in [0.05, 0.1) is 0 Å². The van der Waals surface area contributed by atoms with Crippen molar-refractivity contribution in [2.75, 3.05) is 13.1 Å². The van der Waals surface area contributed by atoms with Gasteiger partial charge in [-0.15, -0.1) is 0 Å². The third kappa shape index (κ3) is 2.67. The van der Waals surface area contributed by atoms with Crippen LogP contribution in [0.25, 0.3) is 0 Å². The van der Waals surface area contributed by atoms with Gasteiger partial charge < -0.3 is 5.11 Å². The molecule has 1 saturated heterocycles. The van der Waals surface area contributed by atoms with Gasteiger partial charge in [0.2, 0.25) is 0 Å². The lowest BCUT2D eigenvalue weighted by molar-refractivity contribution is -0.144. The minimum atomic E-state index is -3.69. The van der Waals surface area contributed by atoms with E-state index >= 15 is 0 Å². The molecule has 2 rings (SSSR count). The summed E-state index contributed by atoms with van der Waals surface area (Å²) in [5.74, 6) is -1.18. The Bertz CT molecular complexity index is 426. The van der Waals surface area contributed by atoms with Gasteiger partial charge in [-0.05, 0) is 38.5 Å². The van der Waals surface area contributed by atoms with E-state index in [4.69, 9.17) is 0 Å². The van der Waals surface area contributed by atoms with Gasteiger partial charge in [-0.3, -0.25) is 4.79 Å². The molecule has 6 nitrogen and oxygen atoms in total. The summed E-state index contributed by atoms with van der Waals surface area (Å²) >= 11 is 0. The molecule has 0 aromatic rings. The average molecular weight is 276 g/mol. The third-order valence-corrected chi connectivity index (χ3v) is 5.56. The molecule has 1 aliphatic carbocycles. The maximum absolute atomic E-state index is 12.2. The number of hydrogen-bond acceptors (Lipinski definition) is 3. The standard InChI is InChI=1S/C11H20N2O4S/c1-11(10(14)15,9-5-6-9)12-18(16,17)13-7-3-2-4-8-13/h9,12H,2-8H2,1H3,(H,14,15). The number of piperidine rings is 1. The van der Waals surface area contributed by atoms with Crippen molar-refractivity contribution in [3.05, 3.63) is 0 Å². The van der Waals surface area contributed by atoms with E-state index in [1.807, 2.05) is 0 Å². The predicted molar refractivity (Wildman–Crippen MR) is 66.2 cm³/mol. The van der Waals surface area contributed by atoms with Crippen molar-refractivity contribution in [1.82, 2.24) is 9.03 Å². The van der Waals surface area contributed by atoms with Crippen LogP contribution in [-0.2, 0) is 15.0 Å². The minimum Gasteiger partial charge on any atom is -0.480 e. The fourth-order valence-corrected chi connectivity index (χ4v) is 4.06. The first-order chi connectivity index (χ1) is 8.36. The summed E-state index contributed by atoms with van der Waals surface area (Å²) in [7, 11) is -3.69. The van der Waals surface area contributed by atoms with Crippen LogP contribution in [0.15, 0.2) is 0 Å². The quantitative estimate of drug-likeness (QED) is 0.768. The van der Waals surface area contributed by atoms with Crippen molar-refractivity contribution < 1.29 is 18.3 Å². The molecule has 2 fully saturated rings. The molecule has 0 aromatic carbocycles. The van der Waals surface area contributed by atoms with Crippen LogP contribution in [0.4, 0.5) is 0 Å². The molecule has 1 heterocycles. The molecule has 1 atom stereocenters. The van der Waals surface area contributed by atoms with E-state index in [0.29, 0.717) is 13.1 Å². The molecular weight excluding hydrogens is 256 g/mol. The zero-order valence-electron chi connectivity index (χ0n) is 10.6. The van der Waals surface area contributed by atoms with E-state index < -0.39 is 21.7 Å². The highest BCUT2D eigenvalue weighted by Crippen LogP contribution is 2.40. The van der Waals surface area contributed by atoms with E-state index in [0.717, 1.165) is 32.1 Å². The van der Waals surface area contributed by atoms with Gasteiger partial charge in [0.1, 0.15) is 5.54 Å². The van der Waals surface area contributed by atoms with Gasteiger partial charge in [-0.2, -0.15) is 17.4 Å². The van der Waals surface area contributed by atoms with Crippen molar-refractivity contribution in [1.29, 1.82) is 0 Å². The fraction of sp³-hybridized carbons (Fsp3) is 0.909. The Labute approximate surface area is 108 Å². The summed E-state index contributed by atoms with van der Waals surface area (Å²) in [5, 5.41) is 9.26. The average Bonchev–Trinajstić information content (AvgIpc) is 3.13. The molecule has 1 unspecified atom stereocenters. The van der Waals surface area contributed by atoms with Gasteiger partial charge in [0.15, 0.2) is 0 Å². The number of carboxylic acid groups (broad SMARTS) is 1. The first-order valence-corrected chi connectivity index (χ1v) is 7.83.